The Morgan fingerprint density at radius 2 is 1.81 bits per heavy atom. The van der Waals surface area contributed by atoms with Gasteiger partial charge in [0.05, 0.1) is 18.8 Å². The number of amides is 1. The number of halogens is 1. The fourth-order valence-electron chi connectivity index (χ4n) is 5.48. The number of hydrogen-bond donors (Lipinski definition) is 3. The normalized spacial score (nSPS) is 21.6. The first-order valence-corrected chi connectivity index (χ1v) is 15.4. The lowest BCUT2D eigenvalue weighted by atomic mass is 9.83. The molecule has 2 aliphatic rings. The molecule has 8 nitrogen and oxygen atoms in total. The molecule has 0 aromatic heterocycles. The first kappa shape index (κ1) is 32.7. The van der Waals surface area contributed by atoms with E-state index in [1.807, 2.05) is 42.5 Å². The van der Waals surface area contributed by atoms with E-state index in [2.05, 4.69) is 5.32 Å². The fraction of sp³-hybridized carbons (Fsp3) is 0.471. The summed E-state index contributed by atoms with van der Waals surface area (Å²) in [5, 5.41) is 25.2. The van der Waals surface area contributed by atoms with Gasteiger partial charge in [0.25, 0.3) is 0 Å². The lowest BCUT2D eigenvalue weighted by molar-refractivity contribution is -0.150. The third kappa shape index (κ3) is 8.92. The zero-order valence-corrected chi connectivity index (χ0v) is 25.9. The van der Waals surface area contributed by atoms with Crippen molar-refractivity contribution in [1.29, 1.82) is 0 Å². The van der Waals surface area contributed by atoms with Gasteiger partial charge in [0.15, 0.2) is 5.54 Å². The van der Waals surface area contributed by atoms with Crippen molar-refractivity contribution in [2.45, 2.75) is 82.3 Å². The molecule has 0 spiro atoms. The maximum absolute atomic E-state index is 13.2. The molecule has 2 aliphatic carbocycles. The van der Waals surface area contributed by atoms with Crippen molar-refractivity contribution < 1.29 is 29.3 Å². The molecule has 2 aromatic carbocycles. The predicted octanol–water partition coefficient (Wildman–Crippen LogP) is 6.39. The number of hydrogen-bond acceptors (Lipinski definition) is 6. The van der Waals surface area contributed by atoms with Gasteiger partial charge in [0, 0.05) is 18.1 Å². The summed E-state index contributed by atoms with van der Waals surface area (Å²) >= 11 is 6.12. The number of carbonyl (C=O) groups is 2. The number of carbonyl (C=O) groups excluding carboxylic acids is 1. The van der Waals surface area contributed by atoms with E-state index in [1.54, 1.807) is 51.1 Å². The summed E-state index contributed by atoms with van der Waals surface area (Å²) in [6.45, 7) is 5.44. The number of aliphatic hydroxyl groups is 1. The topological polar surface area (TPSA) is 108 Å². The molecule has 1 saturated carbocycles. The molecule has 0 saturated heterocycles. The van der Waals surface area contributed by atoms with Gasteiger partial charge in [-0.25, -0.2) is 9.59 Å². The van der Waals surface area contributed by atoms with Gasteiger partial charge in [-0.3, -0.25) is 5.32 Å². The number of carboxylic acid groups (broad SMARTS) is 1. The molecule has 0 aliphatic heterocycles. The van der Waals surface area contributed by atoms with E-state index < -0.39 is 35.4 Å². The highest BCUT2D eigenvalue weighted by molar-refractivity contribution is 6.30. The molecule has 0 bridgehead atoms. The maximum Gasteiger partial charge on any atom is 0.410 e. The molecule has 232 valence electrons. The molecule has 9 heteroatoms. The van der Waals surface area contributed by atoms with Gasteiger partial charge in [-0.05, 0) is 74.6 Å². The number of nitrogens with one attached hydrogen (secondary N) is 1. The van der Waals surface area contributed by atoms with E-state index in [1.165, 1.54) is 4.90 Å². The summed E-state index contributed by atoms with van der Waals surface area (Å²) in [5.74, 6) is -1.07. The second-order valence-electron chi connectivity index (χ2n) is 12.2. The van der Waals surface area contributed by atoms with Gasteiger partial charge in [-0.1, -0.05) is 79.4 Å². The highest BCUT2D eigenvalue weighted by Crippen LogP contribution is 2.33. The Morgan fingerprint density at radius 1 is 1.09 bits per heavy atom. The lowest BCUT2D eigenvalue weighted by Crippen LogP contribution is -2.62. The molecule has 4 rings (SSSR count). The summed E-state index contributed by atoms with van der Waals surface area (Å²) in [4.78, 5) is 27.6. The zero-order valence-electron chi connectivity index (χ0n) is 25.2. The minimum atomic E-state index is -1.55. The second kappa shape index (κ2) is 14.5. The number of benzene rings is 2. The van der Waals surface area contributed by atoms with Gasteiger partial charge < -0.3 is 24.6 Å². The van der Waals surface area contributed by atoms with Crippen molar-refractivity contribution >= 4 is 29.2 Å². The number of allylic oxidation sites excluding steroid dienone is 2. The number of carboxylic acids is 1. The SMILES string of the molecule is CC(C)(C)OC(=O)N(CCNC1(C(=O)O)C=CC(c2ccccc2)=CC1OC1CCCCC1)C[C@H](O)c1cccc(Cl)c1. The fourth-order valence-corrected chi connectivity index (χ4v) is 5.68. The van der Waals surface area contributed by atoms with Gasteiger partial charge in [0.1, 0.15) is 11.7 Å². The average molecular weight is 611 g/mol. The van der Waals surface area contributed by atoms with Crippen LogP contribution in [0, 0.1) is 0 Å². The van der Waals surface area contributed by atoms with Gasteiger partial charge in [0.2, 0.25) is 0 Å². The van der Waals surface area contributed by atoms with Crippen molar-refractivity contribution in [3.05, 3.63) is 89.0 Å². The standard InChI is InChI=1S/C34H43ClN2O6/c1-33(2,3)43-32(41)37(23-29(38)26-13-10-14-27(35)21-26)20-19-36-34(31(39)40)18-17-25(24-11-6-4-7-12-24)22-30(34)42-28-15-8-5-9-16-28/h4,6-7,10-14,17-18,21-22,28-30,36,38H,5,8-9,15-16,19-20,23H2,1-3H3,(H,39,40)/t29-,30?,34?/m0/s1. The van der Waals surface area contributed by atoms with Crippen LogP contribution in [0.25, 0.3) is 5.57 Å². The summed E-state index contributed by atoms with van der Waals surface area (Å²) in [5.41, 5.74) is 0.114. The Hall–Kier alpha value is -3.17. The van der Waals surface area contributed by atoms with Crippen LogP contribution >= 0.6 is 11.6 Å². The van der Waals surface area contributed by atoms with Crippen LogP contribution in [0.15, 0.2) is 72.8 Å². The quantitative estimate of drug-likeness (QED) is 0.270. The molecule has 3 atom stereocenters. The number of rotatable bonds is 11. The van der Waals surface area contributed by atoms with E-state index in [-0.39, 0.29) is 25.7 Å². The first-order valence-electron chi connectivity index (χ1n) is 15.0. The molecule has 43 heavy (non-hydrogen) atoms. The van der Waals surface area contributed by atoms with Crippen molar-refractivity contribution in [2.75, 3.05) is 19.6 Å². The van der Waals surface area contributed by atoms with Crippen LogP contribution in [-0.2, 0) is 14.3 Å². The largest absolute Gasteiger partial charge is 0.480 e. The van der Waals surface area contributed by atoms with E-state index in [9.17, 15) is 19.8 Å². The van der Waals surface area contributed by atoms with Crippen molar-refractivity contribution in [1.82, 2.24) is 10.2 Å². The minimum Gasteiger partial charge on any atom is -0.480 e. The van der Waals surface area contributed by atoms with Crippen LogP contribution in [-0.4, -0.2) is 70.2 Å². The van der Waals surface area contributed by atoms with Crippen molar-refractivity contribution in [3.63, 3.8) is 0 Å². The summed E-state index contributed by atoms with van der Waals surface area (Å²) in [7, 11) is 0. The van der Waals surface area contributed by atoms with Crippen LogP contribution in [0.4, 0.5) is 4.79 Å². The Kier molecular flexibility index (Phi) is 11.1. The summed E-state index contributed by atoms with van der Waals surface area (Å²) < 4.78 is 12.2. The minimum absolute atomic E-state index is 0.0369. The van der Waals surface area contributed by atoms with E-state index in [0.29, 0.717) is 10.6 Å². The molecular formula is C34H43ClN2O6. The Bertz CT molecular complexity index is 1300. The monoisotopic (exact) mass is 610 g/mol. The summed E-state index contributed by atoms with van der Waals surface area (Å²) in [6, 6.07) is 16.6. The molecule has 1 fully saturated rings. The van der Waals surface area contributed by atoms with E-state index in [4.69, 9.17) is 21.1 Å². The van der Waals surface area contributed by atoms with Gasteiger partial charge >= 0.3 is 12.1 Å². The number of ether oxygens (including phenoxy) is 2. The molecule has 1 amide bonds. The Labute approximate surface area is 259 Å². The first-order chi connectivity index (χ1) is 20.5. The number of nitrogens with zero attached hydrogens (tertiary/aromatic N) is 1. The van der Waals surface area contributed by atoms with Crippen LogP contribution in [0.2, 0.25) is 5.02 Å². The van der Waals surface area contributed by atoms with Crippen LogP contribution in [0.5, 0.6) is 0 Å². The second-order valence-corrected chi connectivity index (χ2v) is 12.7. The smallest absolute Gasteiger partial charge is 0.410 e. The predicted molar refractivity (Wildman–Crippen MR) is 168 cm³/mol. The van der Waals surface area contributed by atoms with Crippen LogP contribution in [0.3, 0.4) is 0 Å². The van der Waals surface area contributed by atoms with Crippen molar-refractivity contribution in [3.8, 4) is 0 Å². The third-order valence-corrected chi connectivity index (χ3v) is 7.97. The summed E-state index contributed by atoms with van der Waals surface area (Å²) in [6.07, 6.45) is 7.94. The Balaban J connectivity index is 1.55. The highest BCUT2D eigenvalue weighted by atomic mass is 35.5. The Morgan fingerprint density at radius 3 is 2.47 bits per heavy atom. The van der Waals surface area contributed by atoms with Gasteiger partial charge in [-0.15, -0.1) is 0 Å². The average Bonchev–Trinajstić information content (AvgIpc) is 2.97. The lowest BCUT2D eigenvalue weighted by Gasteiger charge is -2.39. The van der Waals surface area contributed by atoms with E-state index >= 15 is 0 Å². The molecule has 3 N–H and O–H groups in total. The number of aliphatic hydroxyl groups excluding tert-OH is 1. The molecule has 2 unspecified atom stereocenters. The molecular weight excluding hydrogens is 568 g/mol. The molecule has 0 radical (unpaired) electrons. The highest BCUT2D eigenvalue weighted by Gasteiger charge is 2.46. The number of aliphatic carboxylic acids is 1. The van der Waals surface area contributed by atoms with Crippen molar-refractivity contribution in [2.24, 2.45) is 0 Å². The van der Waals surface area contributed by atoms with Crippen LogP contribution < -0.4 is 5.32 Å². The van der Waals surface area contributed by atoms with E-state index in [0.717, 1.165) is 43.2 Å². The maximum atomic E-state index is 13.2. The zero-order chi connectivity index (χ0) is 31.0. The molecule has 2 aromatic rings. The van der Waals surface area contributed by atoms with Crippen LogP contribution in [0.1, 0.15) is 70.1 Å². The molecule has 0 heterocycles. The third-order valence-electron chi connectivity index (χ3n) is 7.74. The van der Waals surface area contributed by atoms with Gasteiger partial charge in [-0.2, -0.15) is 0 Å².